The number of nitrogens with zero attached hydrogens (tertiary/aromatic N) is 1. The van der Waals surface area contributed by atoms with E-state index in [-0.39, 0.29) is 0 Å². The molecule has 0 spiro atoms. The highest BCUT2D eigenvalue weighted by Crippen LogP contribution is 2.56. The average Bonchev–Trinajstić information content (AvgIpc) is 3.30. The Hall–Kier alpha value is -4.75. The lowest BCUT2D eigenvalue weighted by atomic mass is 9.68. The van der Waals surface area contributed by atoms with Gasteiger partial charge in [-0.3, -0.25) is 4.98 Å². The van der Waals surface area contributed by atoms with Gasteiger partial charge in [0.2, 0.25) is 0 Å². The highest BCUT2D eigenvalue weighted by atomic mass is 14.6. The van der Waals surface area contributed by atoms with Gasteiger partial charge in [0, 0.05) is 12.4 Å². The molecule has 5 aromatic carbocycles. The second-order valence-corrected chi connectivity index (χ2v) is 10.4. The third kappa shape index (κ3) is 3.51. The van der Waals surface area contributed by atoms with Crippen LogP contribution in [0.25, 0.3) is 39.1 Å². The first-order valence-corrected chi connectivity index (χ1v) is 13.6. The van der Waals surface area contributed by atoms with Gasteiger partial charge in [0.15, 0.2) is 0 Å². The van der Waals surface area contributed by atoms with Crippen LogP contribution in [0.5, 0.6) is 0 Å². The maximum Gasteiger partial charge on any atom is 0.0728 e. The number of hydrogen-bond acceptors (Lipinski definition) is 1. The summed E-state index contributed by atoms with van der Waals surface area (Å²) in [7, 11) is 0. The molecule has 1 aliphatic carbocycles. The van der Waals surface area contributed by atoms with Crippen LogP contribution in [0.3, 0.4) is 0 Å². The Balaban J connectivity index is 1.47. The van der Waals surface area contributed by atoms with E-state index in [9.17, 15) is 0 Å². The first kappa shape index (κ1) is 23.4. The summed E-state index contributed by atoms with van der Waals surface area (Å²) in [6, 6.07) is 42.4. The standard InChI is InChI=1S/C38H29N/c1-3-10-32-26(2)16-17-29-23-27(18-20-33(29)32)28-19-21-37-35(24-28)34-14-7-8-15-36(34)38(37,30-11-5-4-6-12-30)31-13-9-22-39-25-31/h3-25H,1-2H3/b10-3-. The molecule has 0 saturated heterocycles. The van der Waals surface area contributed by atoms with Gasteiger partial charge in [-0.05, 0) is 98.5 Å². The summed E-state index contributed by atoms with van der Waals surface area (Å²) >= 11 is 0. The normalized spacial score (nSPS) is 15.9. The van der Waals surface area contributed by atoms with E-state index in [4.69, 9.17) is 0 Å². The minimum absolute atomic E-state index is 0.414. The lowest BCUT2D eigenvalue weighted by molar-refractivity contribution is 0.763. The molecule has 0 aliphatic heterocycles. The van der Waals surface area contributed by atoms with Crippen molar-refractivity contribution in [1.29, 1.82) is 0 Å². The number of aryl methyl sites for hydroxylation is 1. The summed E-state index contributed by atoms with van der Waals surface area (Å²) in [5, 5.41) is 2.56. The van der Waals surface area contributed by atoms with Crippen LogP contribution < -0.4 is 0 Å². The van der Waals surface area contributed by atoms with E-state index in [1.165, 1.54) is 66.4 Å². The third-order valence-electron chi connectivity index (χ3n) is 8.29. The topological polar surface area (TPSA) is 12.9 Å². The molecule has 0 fully saturated rings. The van der Waals surface area contributed by atoms with Crippen LogP contribution in [-0.2, 0) is 5.41 Å². The lowest BCUT2D eigenvalue weighted by Crippen LogP contribution is -2.28. The fraction of sp³-hybridized carbons (Fsp3) is 0.0789. The van der Waals surface area contributed by atoms with Crippen molar-refractivity contribution >= 4 is 16.8 Å². The molecule has 0 bridgehead atoms. The Morgan fingerprint density at radius 1 is 0.641 bits per heavy atom. The zero-order chi connectivity index (χ0) is 26.4. The second kappa shape index (κ2) is 9.22. The van der Waals surface area contributed by atoms with E-state index in [0.29, 0.717) is 0 Å². The summed E-state index contributed by atoms with van der Waals surface area (Å²) in [5.74, 6) is 0. The van der Waals surface area contributed by atoms with Crippen molar-refractivity contribution in [3.8, 4) is 22.3 Å². The van der Waals surface area contributed by atoms with Crippen molar-refractivity contribution in [2.75, 3.05) is 0 Å². The fourth-order valence-corrected chi connectivity index (χ4v) is 6.56. The molecule has 0 radical (unpaired) electrons. The second-order valence-electron chi connectivity index (χ2n) is 10.4. The van der Waals surface area contributed by atoms with Crippen molar-refractivity contribution in [2.24, 2.45) is 0 Å². The van der Waals surface area contributed by atoms with Gasteiger partial charge in [0.05, 0.1) is 5.41 Å². The first-order chi connectivity index (χ1) is 19.2. The highest BCUT2D eigenvalue weighted by molar-refractivity contribution is 5.95. The number of pyridine rings is 1. The summed E-state index contributed by atoms with van der Waals surface area (Å²) in [6.07, 6.45) is 8.22. The van der Waals surface area contributed by atoms with Crippen LogP contribution in [0.1, 0.15) is 40.3 Å². The molecule has 0 saturated carbocycles. The van der Waals surface area contributed by atoms with Gasteiger partial charge in [-0.25, -0.2) is 0 Å². The summed E-state index contributed by atoms with van der Waals surface area (Å²) in [6.45, 7) is 4.26. The summed E-state index contributed by atoms with van der Waals surface area (Å²) in [5.41, 5.74) is 12.3. The number of hydrogen-bond donors (Lipinski definition) is 0. The zero-order valence-corrected chi connectivity index (χ0v) is 22.2. The predicted octanol–water partition coefficient (Wildman–Crippen LogP) is 9.61. The number of benzene rings is 5. The first-order valence-electron chi connectivity index (χ1n) is 13.6. The maximum atomic E-state index is 4.56. The van der Waals surface area contributed by atoms with Gasteiger partial charge in [0.25, 0.3) is 0 Å². The Bertz CT molecular complexity index is 1820. The van der Waals surface area contributed by atoms with Crippen LogP contribution >= 0.6 is 0 Å². The zero-order valence-electron chi connectivity index (χ0n) is 22.2. The summed E-state index contributed by atoms with van der Waals surface area (Å²) < 4.78 is 0. The van der Waals surface area contributed by atoms with Crippen LogP contribution in [0.4, 0.5) is 0 Å². The Kier molecular flexibility index (Phi) is 5.52. The molecule has 7 rings (SSSR count). The van der Waals surface area contributed by atoms with Gasteiger partial charge in [0.1, 0.15) is 0 Å². The minimum Gasteiger partial charge on any atom is -0.264 e. The van der Waals surface area contributed by atoms with Crippen molar-refractivity contribution in [2.45, 2.75) is 19.3 Å². The summed E-state index contributed by atoms with van der Waals surface area (Å²) in [4.78, 5) is 4.56. The van der Waals surface area contributed by atoms with Crippen molar-refractivity contribution in [3.63, 3.8) is 0 Å². The van der Waals surface area contributed by atoms with Crippen molar-refractivity contribution < 1.29 is 0 Å². The maximum absolute atomic E-state index is 4.56. The van der Waals surface area contributed by atoms with Gasteiger partial charge >= 0.3 is 0 Å². The molecule has 1 heteroatoms. The van der Waals surface area contributed by atoms with Gasteiger partial charge in [-0.2, -0.15) is 0 Å². The predicted molar refractivity (Wildman–Crippen MR) is 164 cm³/mol. The number of aromatic nitrogens is 1. The largest absolute Gasteiger partial charge is 0.264 e. The lowest BCUT2D eigenvalue weighted by Gasteiger charge is -2.33. The monoisotopic (exact) mass is 499 g/mol. The molecule has 186 valence electrons. The molecule has 1 heterocycles. The Morgan fingerprint density at radius 3 is 2.21 bits per heavy atom. The smallest absolute Gasteiger partial charge is 0.0728 e. The molecular weight excluding hydrogens is 470 g/mol. The molecule has 6 aromatic rings. The average molecular weight is 500 g/mol. The SMILES string of the molecule is C/C=C\c1c(C)ccc2cc(-c3ccc4c(c3)-c3ccccc3C4(c3ccccc3)c3cccnc3)ccc12. The van der Waals surface area contributed by atoms with Crippen LogP contribution in [-0.4, -0.2) is 4.98 Å². The molecule has 1 atom stereocenters. The van der Waals surface area contributed by atoms with Crippen LogP contribution in [0.2, 0.25) is 0 Å². The van der Waals surface area contributed by atoms with Gasteiger partial charge in [-0.1, -0.05) is 109 Å². The molecule has 1 unspecified atom stereocenters. The quantitative estimate of drug-likeness (QED) is 0.235. The molecule has 0 amide bonds. The molecule has 1 aliphatic rings. The van der Waals surface area contributed by atoms with E-state index in [0.717, 1.165) is 0 Å². The number of fused-ring (bicyclic) bond motifs is 4. The van der Waals surface area contributed by atoms with E-state index >= 15 is 0 Å². The molecular formula is C38H29N. The van der Waals surface area contributed by atoms with Crippen molar-refractivity contribution in [1.82, 2.24) is 4.98 Å². The fourth-order valence-electron chi connectivity index (χ4n) is 6.56. The van der Waals surface area contributed by atoms with Crippen LogP contribution in [0.15, 0.2) is 134 Å². The number of rotatable bonds is 4. The van der Waals surface area contributed by atoms with E-state index in [2.05, 4.69) is 140 Å². The van der Waals surface area contributed by atoms with Gasteiger partial charge < -0.3 is 0 Å². The third-order valence-corrected chi connectivity index (χ3v) is 8.29. The Labute approximate surface area is 230 Å². The number of allylic oxidation sites excluding steroid dienone is 1. The molecule has 39 heavy (non-hydrogen) atoms. The molecule has 0 N–H and O–H groups in total. The van der Waals surface area contributed by atoms with E-state index < -0.39 is 5.41 Å². The van der Waals surface area contributed by atoms with E-state index in [1.807, 2.05) is 18.5 Å². The Morgan fingerprint density at radius 2 is 1.38 bits per heavy atom. The molecule has 1 nitrogen and oxygen atoms in total. The van der Waals surface area contributed by atoms with Crippen LogP contribution in [0, 0.1) is 6.92 Å². The van der Waals surface area contributed by atoms with E-state index in [1.54, 1.807) is 0 Å². The minimum atomic E-state index is -0.414. The molecule has 1 aromatic heterocycles. The van der Waals surface area contributed by atoms with Crippen molar-refractivity contribution in [3.05, 3.63) is 167 Å². The highest BCUT2D eigenvalue weighted by Gasteiger charge is 2.46. The van der Waals surface area contributed by atoms with Gasteiger partial charge in [-0.15, -0.1) is 0 Å².